The number of para-hydroxylation sites is 1. The third kappa shape index (κ3) is 2.79. The van der Waals surface area contributed by atoms with E-state index in [0.29, 0.717) is 11.8 Å². The first-order valence-electron chi connectivity index (χ1n) is 8.73. The summed E-state index contributed by atoms with van der Waals surface area (Å²) in [7, 11) is 4.17. The zero-order chi connectivity index (χ0) is 17.4. The van der Waals surface area contributed by atoms with E-state index in [0.717, 1.165) is 0 Å². The maximum absolute atomic E-state index is 2.30. The number of hydrogen-bond donors (Lipinski definition) is 0. The van der Waals surface area contributed by atoms with Crippen molar-refractivity contribution >= 4 is 11.3 Å². The van der Waals surface area contributed by atoms with E-state index in [1.807, 2.05) is 0 Å². The Morgan fingerprint density at radius 2 is 1.46 bits per heavy atom. The van der Waals surface area contributed by atoms with Crippen LogP contribution in [0.2, 0.25) is 0 Å². The highest BCUT2D eigenvalue weighted by Gasteiger charge is 2.21. The number of benzene rings is 1. The lowest BCUT2D eigenvalue weighted by Gasteiger charge is -2.16. The van der Waals surface area contributed by atoms with Crippen molar-refractivity contribution in [3.63, 3.8) is 0 Å². The van der Waals surface area contributed by atoms with Crippen molar-refractivity contribution in [2.75, 3.05) is 19.0 Å². The van der Waals surface area contributed by atoms with Gasteiger partial charge in [-0.3, -0.25) is 0 Å². The van der Waals surface area contributed by atoms with Gasteiger partial charge in [0.2, 0.25) is 5.82 Å². The van der Waals surface area contributed by atoms with Gasteiger partial charge in [-0.2, -0.15) is 4.40 Å². The van der Waals surface area contributed by atoms with Crippen LogP contribution in [0, 0.1) is 0 Å². The molecule has 0 saturated heterocycles. The number of imidazole rings is 1. The topological polar surface area (TPSA) is 11.5 Å². The number of hydrogen-bond acceptors (Lipinski definition) is 1. The molecule has 0 amide bonds. The molecule has 0 spiro atoms. The minimum atomic E-state index is 0.488. The minimum Gasteiger partial charge on any atom is -0.345 e. The van der Waals surface area contributed by atoms with Crippen LogP contribution in [0.5, 0.6) is 0 Å². The van der Waals surface area contributed by atoms with Gasteiger partial charge in [-0.05, 0) is 17.9 Å². The second-order valence-electron chi connectivity index (χ2n) is 7.32. The van der Waals surface area contributed by atoms with Gasteiger partial charge in [0, 0.05) is 31.3 Å². The van der Waals surface area contributed by atoms with Gasteiger partial charge in [0.15, 0.2) is 5.52 Å². The summed E-state index contributed by atoms with van der Waals surface area (Å²) in [6, 6.07) is 13.1. The van der Waals surface area contributed by atoms with E-state index in [9.17, 15) is 0 Å². The van der Waals surface area contributed by atoms with Crippen molar-refractivity contribution < 1.29 is 4.57 Å². The Morgan fingerprint density at radius 3 is 2.00 bits per heavy atom. The molecule has 24 heavy (non-hydrogen) atoms. The van der Waals surface area contributed by atoms with Crippen LogP contribution in [0.4, 0.5) is 5.82 Å². The Hall–Kier alpha value is -2.29. The number of nitrogens with zero attached hydrogens (tertiary/aromatic N) is 3. The van der Waals surface area contributed by atoms with Crippen LogP contribution in [0.1, 0.15) is 50.7 Å². The average molecular weight is 322 g/mol. The van der Waals surface area contributed by atoms with Gasteiger partial charge in [-0.25, -0.2) is 4.57 Å². The molecule has 0 aliphatic rings. The summed E-state index contributed by atoms with van der Waals surface area (Å²) in [5.74, 6) is 2.16. The molecule has 0 atom stereocenters. The van der Waals surface area contributed by atoms with Crippen LogP contribution < -0.4 is 9.47 Å². The van der Waals surface area contributed by atoms with E-state index in [-0.39, 0.29) is 0 Å². The molecule has 0 bridgehead atoms. The fourth-order valence-electron chi connectivity index (χ4n) is 3.35. The van der Waals surface area contributed by atoms with Crippen molar-refractivity contribution in [2.45, 2.75) is 39.5 Å². The molecule has 126 valence electrons. The first-order chi connectivity index (χ1) is 11.4. The lowest BCUT2D eigenvalue weighted by Crippen LogP contribution is -2.31. The molecule has 3 nitrogen and oxygen atoms in total. The lowest BCUT2D eigenvalue weighted by molar-refractivity contribution is -0.595. The second-order valence-corrected chi connectivity index (χ2v) is 7.32. The maximum atomic E-state index is 2.30. The molecular weight excluding hydrogens is 294 g/mol. The predicted molar refractivity (Wildman–Crippen MR) is 101 cm³/mol. The summed E-state index contributed by atoms with van der Waals surface area (Å²) in [5, 5.41) is 0. The number of pyridine rings is 1. The monoisotopic (exact) mass is 322 g/mol. The molecule has 1 aromatic carbocycles. The van der Waals surface area contributed by atoms with Crippen LogP contribution >= 0.6 is 0 Å². The SMILES string of the molecule is CC(C)c1cccc(C(C)C)c1-[n+]1cc2cccc(N(C)C)n2c1. The molecule has 2 aromatic heterocycles. The van der Waals surface area contributed by atoms with Gasteiger partial charge < -0.3 is 4.90 Å². The molecule has 0 aliphatic carbocycles. The first kappa shape index (κ1) is 16.6. The zero-order valence-electron chi connectivity index (χ0n) is 15.6. The van der Waals surface area contributed by atoms with E-state index in [1.54, 1.807) is 0 Å². The molecule has 0 unspecified atom stereocenters. The lowest BCUT2D eigenvalue weighted by atomic mass is 9.92. The Morgan fingerprint density at radius 1 is 0.875 bits per heavy atom. The zero-order valence-corrected chi connectivity index (χ0v) is 15.6. The van der Waals surface area contributed by atoms with Crippen molar-refractivity contribution in [3.8, 4) is 5.69 Å². The molecular formula is C21H28N3+. The Kier molecular flexibility index (Phi) is 4.35. The summed E-state index contributed by atoms with van der Waals surface area (Å²) in [6.45, 7) is 9.07. The van der Waals surface area contributed by atoms with Gasteiger partial charge >= 0.3 is 0 Å². The first-order valence-corrected chi connectivity index (χ1v) is 8.73. The Balaban J connectivity index is 2.30. The number of fused-ring (bicyclic) bond motifs is 1. The van der Waals surface area contributed by atoms with E-state index in [2.05, 4.69) is 105 Å². The van der Waals surface area contributed by atoms with Gasteiger partial charge in [0.05, 0.1) is 0 Å². The summed E-state index contributed by atoms with van der Waals surface area (Å²) in [6.07, 6.45) is 4.44. The smallest absolute Gasteiger partial charge is 0.255 e. The van der Waals surface area contributed by atoms with Crippen LogP contribution in [0.25, 0.3) is 11.2 Å². The number of rotatable bonds is 4. The van der Waals surface area contributed by atoms with E-state index in [1.165, 1.54) is 28.1 Å². The molecule has 0 aliphatic heterocycles. The summed E-state index contributed by atoms with van der Waals surface area (Å²) < 4.78 is 4.55. The highest BCUT2D eigenvalue weighted by atomic mass is 15.2. The predicted octanol–water partition coefficient (Wildman–Crippen LogP) is 4.53. The summed E-state index contributed by atoms with van der Waals surface area (Å²) >= 11 is 0. The molecule has 3 rings (SSSR count). The van der Waals surface area contributed by atoms with Crippen molar-refractivity contribution in [1.29, 1.82) is 0 Å². The molecule has 0 saturated carbocycles. The normalized spacial score (nSPS) is 11.7. The second kappa shape index (κ2) is 6.31. The molecule has 3 aromatic rings. The fourth-order valence-corrected chi connectivity index (χ4v) is 3.35. The molecule has 2 heterocycles. The Labute approximate surface area is 145 Å². The third-order valence-electron chi connectivity index (χ3n) is 4.61. The fraction of sp³-hybridized carbons (Fsp3) is 0.381. The van der Waals surface area contributed by atoms with Gasteiger partial charge in [0.1, 0.15) is 11.9 Å². The van der Waals surface area contributed by atoms with Crippen molar-refractivity contribution in [2.24, 2.45) is 0 Å². The number of anilines is 1. The summed E-state index contributed by atoms with van der Waals surface area (Å²) in [4.78, 5) is 2.15. The van der Waals surface area contributed by atoms with Crippen molar-refractivity contribution in [1.82, 2.24) is 4.40 Å². The minimum absolute atomic E-state index is 0.488. The highest BCUT2D eigenvalue weighted by Crippen LogP contribution is 2.28. The van der Waals surface area contributed by atoms with E-state index >= 15 is 0 Å². The van der Waals surface area contributed by atoms with Gasteiger partial charge in [0.25, 0.3) is 6.33 Å². The van der Waals surface area contributed by atoms with Gasteiger partial charge in [-0.1, -0.05) is 52.0 Å². The van der Waals surface area contributed by atoms with Gasteiger partial charge in [-0.15, -0.1) is 0 Å². The van der Waals surface area contributed by atoms with Crippen LogP contribution in [0.15, 0.2) is 48.9 Å². The number of aromatic nitrogens is 2. The van der Waals surface area contributed by atoms with Crippen LogP contribution in [0.3, 0.4) is 0 Å². The quantitative estimate of drug-likeness (QED) is 0.643. The largest absolute Gasteiger partial charge is 0.345 e. The summed E-state index contributed by atoms with van der Waals surface area (Å²) in [5.41, 5.74) is 5.33. The Bertz CT molecular complexity index is 830. The van der Waals surface area contributed by atoms with Crippen LogP contribution in [-0.2, 0) is 0 Å². The molecule has 0 radical (unpaired) electrons. The van der Waals surface area contributed by atoms with Crippen molar-refractivity contribution in [3.05, 3.63) is 60.0 Å². The molecule has 3 heteroatoms. The standard InChI is InChI=1S/C21H28N3/c1-15(2)18-10-8-11-19(16(3)4)21(18)23-13-17-9-7-12-20(22(5)6)24(17)14-23/h7-16H,1-6H3/q+1. The molecule has 0 fully saturated rings. The maximum Gasteiger partial charge on any atom is 0.255 e. The third-order valence-corrected chi connectivity index (χ3v) is 4.61. The molecule has 0 N–H and O–H groups in total. The highest BCUT2D eigenvalue weighted by molar-refractivity contribution is 5.54. The average Bonchev–Trinajstić information content (AvgIpc) is 2.97. The van der Waals surface area contributed by atoms with E-state index in [4.69, 9.17) is 0 Å². The van der Waals surface area contributed by atoms with E-state index < -0.39 is 0 Å². The van der Waals surface area contributed by atoms with Crippen LogP contribution in [-0.4, -0.2) is 18.5 Å².